The van der Waals surface area contributed by atoms with E-state index in [2.05, 4.69) is 26.8 Å². The highest BCUT2D eigenvalue weighted by molar-refractivity contribution is 7.18. The van der Waals surface area contributed by atoms with Gasteiger partial charge >= 0.3 is 0 Å². The smallest absolute Gasteiger partial charge is 0.0954 e. The number of thiazole rings is 2. The van der Waals surface area contributed by atoms with Gasteiger partial charge in [-0.3, -0.25) is 11.3 Å². The number of benzene rings is 1. The molecule has 3 rings (SSSR count). The van der Waals surface area contributed by atoms with E-state index in [0.717, 1.165) is 34.1 Å². The molecule has 0 saturated carbocycles. The second kappa shape index (κ2) is 5.97. The van der Waals surface area contributed by atoms with Crippen molar-refractivity contribution < 1.29 is 0 Å². The molecule has 0 fully saturated rings. The second-order valence-corrected chi connectivity index (χ2v) is 6.79. The summed E-state index contributed by atoms with van der Waals surface area (Å²) in [6.07, 6.45) is 1.67. The second-order valence-electron chi connectivity index (χ2n) is 4.73. The molecule has 4 nitrogen and oxygen atoms in total. The zero-order valence-corrected chi connectivity index (χ0v) is 12.8. The van der Waals surface area contributed by atoms with E-state index in [1.54, 1.807) is 22.7 Å². The minimum Gasteiger partial charge on any atom is -0.271 e. The van der Waals surface area contributed by atoms with Crippen molar-refractivity contribution in [3.63, 3.8) is 0 Å². The van der Waals surface area contributed by atoms with E-state index in [4.69, 9.17) is 5.84 Å². The molecule has 0 aliphatic carbocycles. The Morgan fingerprint density at radius 3 is 2.70 bits per heavy atom. The molecule has 20 heavy (non-hydrogen) atoms. The van der Waals surface area contributed by atoms with Crippen molar-refractivity contribution in [1.82, 2.24) is 15.4 Å². The molecule has 0 spiro atoms. The summed E-state index contributed by atoms with van der Waals surface area (Å²) >= 11 is 3.42. The van der Waals surface area contributed by atoms with Crippen molar-refractivity contribution in [3.05, 3.63) is 45.4 Å². The quantitative estimate of drug-likeness (QED) is 0.562. The molecular formula is C14H16N4S2. The minimum absolute atomic E-state index is 0.168. The lowest BCUT2D eigenvalue weighted by Gasteiger charge is -2.12. The van der Waals surface area contributed by atoms with E-state index in [0.29, 0.717) is 0 Å². The first-order valence-corrected chi connectivity index (χ1v) is 8.16. The molecule has 1 aromatic carbocycles. The summed E-state index contributed by atoms with van der Waals surface area (Å²) in [5.41, 5.74) is 5.02. The Bertz CT molecular complexity index is 671. The summed E-state index contributed by atoms with van der Waals surface area (Å²) in [6.45, 7) is 2.01. The largest absolute Gasteiger partial charge is 0.271 e. The maximum absolute atomic E-state index is 5.67. The number of hydrazine groups is 1. The van der Waals surface area contributed by atoms with Gasteiger partial charge in [-0.1, -0.05) is 12.1 Å². The fraction of sp³-hybridized carbons (Fsp3) is 0.286. The molecule has 1 unspecified atom stereocenters. The van der Waals surface area contributed by atoms with Crippen molar-refractivity contribution in [1.29, 1.82) is 0 Å². The van der Waals surface area contributed by atoms with Gasteiger partial charge in [-0.15, -0.1) is 22.7 Å². The fourth-order valence-corrected chi connectivity index (χ4v) is 4.02. The normalized spacial score (nSPS) is 12.9. The van der Waals surface area contributed by atoms with Gasteiger partial charge in [-0.25, -0.2) is 9.97 Å². The van der Waals surface area contributed by atoms with E-state index < -0.39 is 0 Å². The zero-order chi connectivity index (χ0) is 13.9. The lowest BCUT2D eigenvalue weighted by Crippen LogP contribution is -2.38. The highest BCUT2D eigenvalue weighted by atomic mass is 32.1. The summed E-state index contributed by atoms with van der Waals surface area (Å²) < 4.78 is 1.23. The number of nitrogens with zero attached hydrogens (tertiary/aromatic N) is 2. The van der Waals surface area contributed by atoms with Crippen molar-refractivity contribution in [2.75, 3.05) is 0 Å². The molecule has 2 heterocycles. The standard InChI is InChI=1S/C14H16N4S2/c1-9-8-19-13(16-9)6-10(18-15)7-14-17-11-4-2-3-5-12(11)20-14/h2-5,8,10,18H,6-7,15H2,1H3. The van der Waals surface area contributed by atoms with Crippen LogP contribution < -0.4 is 11.3 Å². The highest BCUT2D eigenvalue weighted by Crippen LogP contribution is 2.23. The number of para-hydroxylation sites is 1. The predicted octanol–water partition coefficient (Wildman–Crippen LogP) is 2.68. The van der Waals surface area contributed by atoms with Gasteiger partial charge in [0.25, 0.3) is 0 Å². The molecule has 0 aliphatic rings. The minimum atomic E-state index is 0.168. The monoisotopic (exact) mass is 304 g/mol. The van der Waals surface area contributed by atoms with E-state index in [1.807, 2.05) is 25.1 Å². The molecule has 0 amide bonds. The molecule has 3 N–H and O–H groups in total. The Hall–Kier alpha value is -1.34. The molecule has 0 bridgehead atoms. The van der Waals surface area contributed by atoms with Gasteiger partial charge in [-0.2, -0.15) is 0 Å². The third kappa shape index (κ3) is 3.04. The summed E-state index contributed by atoms with van der Waals surface area (Å²) in [6, 6.07) is 8.38. The van der Waals surface area contributed by atoms with E-state index in [-0.39, 0.29) is 6.04 Å². The van der Waals surface area contributed by atoms with Gasteiger partial charge in [0.05, 0.1) is 20.2 Å². The van der Waals surface area contributed by atoms with Crippen LogP contribution in [-0.4, -0.2) is 16.0 Å². The highest BCUT2D eigenvalue weighted by Gasteiger charge is 2.14. The van der Waals surface area contributed by atoms with Crippen LogP contribution in [0.1, 0.15) is 15.7 Å². The van der Waals surface area contributed by atoms with Crippen LogP contribution in [0.4, 0.5) is 0 Å². The lowest BCUT2D eigenvalue weighted by atomic mass is 10.1. The summed E-state index contributed by atoms with van der Waals surface area (Å²) in [4.78, 5) is 9.14. The Balaban J connectivity index is 1.73. The van der Waals surface area contributed by atoms with Gasteiger partial charge in [0.2, 0.25) is 0 Å². The number of nitrogens with two attached hydrogens (primary N) is 1. The van der Waals surface area contributed by atoms with Crippen molar-refractivity contribution in [2.24, 2.45) is 5.84 Å². The van der Waals surface area contributed by atoms with Crippen molar-refractivity contribution >= 4 is 32.9 Å². The Morgan fingerprint density at radius 2 is 2.00 bits per heavy atom. The molecule has 1 atom stereocenters. The van der Waals surface area contributed by atoms with Gasteiger partial charge in [0, 0.05) is 30.0 Å². The average Bonchev–Trinajstić information content (AvgIpc) is 3.03. The van der Waals surface area contributed by atoms with Gasteiger partial charge in [0.15, 0.2) is 0 Å². The fourth-order valence-electron chi connectivity index (χ4n) is 2.12. The first-order chi connectivity index (χ1) is 9.74. The maximum atomic E-state index is 5.67. The number of hydrogen-bond donors (Lipinski definition) is 2. The van der Waals surface area contributed by atoms with Crippen LogP contribution >= 0.6 is 22.7 Å². The molecule has 3 aromatic rings. The summed E-state index contributed by atoms with van der Waals surface area (Å²) in [5, 5.41) is 4.30. The number of rotatable bonds is 5. The van der Waals surface area contributed by atoms with Crippen molar-refractivity contribution in [3.8, 4) is 0 Å². The van der Waals surface area contributed by atoms with Crippen LogP contribution in [0.15, 0.2) is 29.6 Å². The van der Waals surface area contributed by atoms with Crippen LogP contribution in [0.5, 0.6) is 0 Å². The molecule has 2 aromatic heterocycles. The van der Waals surface area contributed by atoms with E-state index in [1.165, 1.54) is 4.70 Å². The average molecular weight is 304 g/mol. The Kier molecular flexibility index (Phi) is 4.07. The van der Waals surface area contributed by atoms with Gasteiger partial charge in [-0.05, 0) is 19.1 Å². The van der Waals surface area contributed by atoms with Gasteiger partial charge < -0.3 is 0 Å². The van der Waals surface area contributed by atoms with Crippen molar-refractivity contribution in [2.45, 2.75) is 25.8 Å². The molecular weight excluding hydrogens is 288 g/mol. The Morgan fingerprint density at radius 1 is 1.20 bits per heavy atom. The third-order valence-corrected chi connectivity index (χ3v) is 5.13. The van der Waals surface area contributed by atoms with Crippen LogP contribution in [0, 0.1) is 6.92 Å². The zero-order valence-electron chi connectivity index (χ0n) is 11.2. The first kappa shape index (κ1) is 13.6. The Labute approximate surface area is 125 Å². The third-order valence-electron chi connectivity index (χ3n) is 3.08. The molecule has 6 heteroatoms. The topological polar surface area (TPSA) is 63.8 Å². The molecule has 0 aliphatic heterocycles. The molecule has 0 radical (unpaired) electrons. The van der Waals surface area contributed by atoms with Gasteiger partial charge in [0.1, 0.15) is 0 Å². The summed E-state index contributed by atoms with van der Waals surface area (Å²) in [7, 11) is 0. The molecule has 0 saturated heterocycles. The number of hydrogen-bond acceptors (Lipinski definition) is 6. The van der Waals surface area contributed by atoms with E-state index >= 15 is 0 Å². The van der Waals surface area contributed by atoms with Crippen LogP contribution in [0.2, 0.25) is 0 Å². The number of fused-ring (bicyclic) bond motifs is 1. The number of aromatic nitrogens is 2. The number of aryl methyl sites for hydroxylation is 1. The van der Waals surface area contributed by atoms with Crippen LogP contribution in [0.3, 0.4) is 0 Å². The van der Waals surface area contributed by atoms with E-state index in [9.17, 15) is 0 Å². The first-order valence-electron chi connectivity index (χ1n) is 6.46. The lowest BCUT2D eigenvalue weighted by molar-refractivity contribution is 0.520. The van der Waals surface area contributed by atoms with Crippen LogP contribution in [-0.2, 0) is 12.8 Å². The SMILES string of the molecule is Cc1csc(CC(Cc2nc3ccccc3s2)NN)n1. The summed E-state index contributed by atoms with van der Waals surface area (Å²) in [5.74, 6) is 5.67. The molecule has 104 valence electrons. The number of nitrogens with one attached hydrogen (secondary N) is 1. The maximum Gasteiger partial charge on any atom is 0.0954 e. The van der Waals surface area contributed by atoms with Crippen LogP contribution in [0.25, 0.3) is 10.2 Å². The predicted molar refractivity (Wildman–Crippen MR) is 85.0 cm³/mol.